The first kappa shape index (κ1) is 17.1. The zero-order chi connectivity index (χ0) is 16.6. The van der Waals surface area contributed by atoms with Crippen LogP contribution in [-0.2, 0) is 0 Å². The molecule has 0 aliphatic heterocycles. The van der Waals surface area contributed by atoms with Crippen molar-refractivity contribution >= 4 is 5.84 Å². The van der Waals surface area contributed by atoms with E-state index in [1.165, 1.54) is 69.8 Å². The standard InChI is InChI=1S/C22H30N2/c1-18-12-14-19(15-13-18)16-17-22(23-20-8-4-2-5-9-20)24-21-10-6-3-7-11-21/h12-15,20-21H,2-11H2,1H3,(H,23,24). The first-order valence-electron chi connectivity index (χ1n) is 9.72. The summed E-state index contributed by atoms with van der Waals surface area (Å²) in [6, 6.07) is 9.47. The monoisotopic (exact) mass is 322 g/mol. The third-order valence-corrected chi connectivity index (χ3v) is 5.21. The lowest BCUT2D eigenvalue weighted by molar-refractivity contribution is 0.409. The number of nitrogens with zero attached hydrogens (tertiary/aromatic N) is 1. The van der Waals surface area contributed by atoms with Gasteiger partial charge in [-0.1, -0.05) is 62.1 Å². The highest BCUT2D eigenvalue weighted by Crippen LogP contribution is 2.21. The maximum absolute atomic E-state index is 4.99. The van der Waals surface area contributed by atoms with Crippen molar-refractivity contribution < 1.29 is 0 Å². The number of benzene rings is 1. The van der Waals surface area contributed by atoms with Crippen LogP contribution >= 0.6 is 0 Å². The fourth-order valence-electron chi connectivity index (χ4n) is 3.71. The van der Waals surface area contributed by atoms with Gasteiger partial charge in [0.05, 0.1) is 6.04 Å². The van der Waals surface area contributed by atoms with Crippen molar-refractivity contribution in [3.05, 3.63) is 35.4 Å². The molecule has 0 atom stereocenters. The maximum atomic E-state index is 4.99. The molecule has 0 bridgehead atoms. The molecule has 0 heterocycles. The van der Waals surface area contributed by atoms with E-state index in [4.69, 9.17) is 4.99 Å². The van der Waals surface area contributed by atoms with Crippen LogP contribution in [0.25, 0.3) is 0 Å². The normalized spacial score (nSPS) is 20.3. The molecule has 0 saturated heterocycles. The summed E-state index contributed by atoms with van der Waals surface area (Å²) in [6.07, 6.45) is 13.0. The van der Waals surface area contributed by atoms with Crippen molar-refractivity contribution in [2.45, 2.75) is 83.2 Å². The summed E-state index contributed by atoms with van der Waals surface area (Å²) in [6.45, 7) is 2.11. The van der Waals surface area contributed by atoms with Gasteiger partial charge in [0.1, 0.15) is 0 Å². The predicted octanol–water partition coefficient (Wildman–Crippen LogP) is 5.00. The number of aryl methyl sites for hydroxylation is 1. The molecule has 0 spiro atoms. The zero-order valence-electron chi connectivity index (χ0n) is 15.0. The minimum absolute atomic E-state index is 0.470. The lowest BCUT2D eigenvalue weighted by atomic mass is 9.95. The van der Waals surface area contributed by atoms with Crippen LogP contribution in [0.15, 0.2) is 29.3 Å². The lowest BCUT2D eigenvalue weighted by Crippen LogP contribution is -2.36. The van der Waals surface area contributed by atoms with E-state index in [1.54, 1.807) is 0 Å². The van der Waals surface area contributed by atoms with E-state index in [-0.39, 0.29) is 0 Å². The van der Waals surface area contributed by atoms with Crippen LogP contribution in [0, 0.1) is 18.8 Å². The molecule has 2 heteroatoms. The molecule has 1 aromatic rings. The third-order valence-electron chi connectivity index (χ3n) is 5.21. The molecule has 24 heavy (non-hydrogen) atoms. The Morgan fingerprint density at radius 1 is 0.917 bits per heavy atom. The van der Waals surface area contributed by atoms with Gasteiger partial charge in [0.2, 0.25) is 0 Å². The van der Waals surface area contributed by atoms with Crippen molar-refractivity contribution in [3.63, 3.8) is 0 Å². The van der Waals surface area contributed by atoms with Gasteiger partial charge in [-0.2, -0.15) is 0 Å². The van der Waals surface area contributed by atoms with Gasteiger partial charge in [-0.3, -0.25) is 4.99 Å². The lowest BCUT2D eigenvalue weighted by Gasteiger charge is -2.24. The summed E-state index contributed by atoms with van der Waals surface area (Å²) < 4.78 is 0. The average molecular weight is 322 g/mol. The molecule has 128 valence electrons. The van der Waals surface area contributed by atoms with E-state index in [0.29, 0.717) is 12.1 Å². The minimum atomic E-state index is 0.470. The maximum Gasteiger partial charge on any atom is 0.174 e. The van der Waals surface area contributed by atoms with E-state index in [0.717, 1.165) is 11.4 Å². The SMILES string of the molecule is Cc1ccc(C#CC(=NC2CCCCC2)NC2CCCCC2)cc1. The first-order valence-corrected chi connectivity index (χ1v) is 9.72. The van der Waals surface area contributed by atoms with Crippen molar-refractivity contribution in [1.82, 2.24) is 5.32 Å². The molecule has 3 rings (SSSR count). The second-order valence-corrected chi connectivity index (χ2v) is 7.36. The molecule has 2 aliphatic carbocycles. The van der Waals surface area contributed by atoms with Crippen molar-refractivity contribution in [3.8, 4) is 11.8 Å². The van der Waals surface area contributed by atoms with Crippen LogP contribution < -0.4 is 5.32 Å². The van der Waals surface area contributed by atoms with Gasteiger partial charge in [-0.05, 0) is 50.7 Å². The molecule has 2 nitrogen and oxygen atoms in total. The summed E-state index contributed by atoms with van der Waals surface area (Å²) >= 11 is 0. The number of rotatable bonds is 2. The van der Waals surface area contributed by atoms with Gasteiger partial charge in [0.25, 0.3) is 0 Å². The Hall–Kier alpha value is -1.75. The fourth-order valence-corrected chi connectivity index (χ4v) is 3.71. The summed E-state index contributed by atoms with van der Waals surface area (Å²) in [5.74, 6) is 7.57. The topological polar surface area (TPSA) is 24.4 Å². The van der Waals surface area contributed by atoms with Crippen LogP contribution in [0.5, 0.6) is 0 Å². The van der Waals surface area contributed by atoms with Crippen LogP contribution in [-0.4, -0.2) is 17.9 Å². The fraction of sp³-hybridized carbons (Fsp3) is 0.591. The van der Waals surface area contributed by atoms with Gasteiger partial charge in [-0.25, -0.2) is 0 Å². The quantitative estimate of drug-likeness (QED) is 0.462. The largest absolute Gasteiger partial charge is 0.360 e. The summed E-state index contributed by atoms with van der Waals surface area (Å²) in [4.78, 5) is 4.99. The number of aliphatic imine (C=N–C) groups is 1. The molecule has 2 saturated carbocycles. The van der Waals surface area contributed by atoms with Gasteiger partial charge in [0, 0.05) is 11.6 Å². The van der Waals surface area contributed by atoms with Crippen molar-refractivity contribution in [2.24, 2.45) is 4.99 Å². The Kier molecular flexibility index (Phi) is 6.35. The van der Waals surface area contributed by atoms with Gasteiger partial charge >= 0.3 is 0 Å². The van der Waals surface area contributed by atoms with E-state index in [2.05, 4.69) is 48.3 Å². The predicted molar refractivity (Wildman–Crippen MR) is 102 cm³/mol. The molecule has 0 amide bonds. The molecule has 0 aromatic heterocycles. The number of nitrogens with one attached hydrogen (secondary N) is 1. The van der Waals surface area contributed by atoms with Crippen LogP contribution in [0.2, 0.25) is 0 Å². The second kappa shape index (κ2) is 8.92. The van der Waals surface area contributed by atoms with E-state index >= 15 is 0 Å². The Bertz CT molecular complexity index is 591. The highest BCUT2D eigenvalue weighted by molar-refractivity contribution is 5.99. The molecular formula is C22H30N2. The molecular weight excluding hydrogens is 292 g/mol. The Morgan fingerprint density at radius 3 is 2.21 bits per heavy atom. The third kappa shape index (κ3) is 5.41. The summed E-state index contributed by atoms with van der Waals surface area (Å²) in [5.41, 5.74) is 2.35. The molecule has 1 N–H and O–H groups in total. The molecule has 2 fully saturated rings. The number of amidine groups is 1. The second-order valence-electron chi connectivity index (χ2n) is 7.36. The van der Waals surface area contributed by atoms with E-state index in [9.17, 15) is 0 Å². The van der Waals surface area contributed by atoms with Crippen LogP contribution in [0.1, 0.15) is 75.3 Å². The van der Waals surface area contributed by atoms with E-state index in [1.807, 2.05) is 0 Å². The molecule has 0 unspecified atom stereocenters. The highest BCUT2D eigenvalue weighted by atomic mass is 15.0. The Morgan fingerprint density at radius 2 is 1.54 bits per heavy atom. The molecule has 1 aromatic carbocycles. The first-order chi connectivity index (χ1) is 11.8. The van der Waals surface area contributed by atoms with Crippen molar-refractivity contribution in [2.75, 3.05) is 0 Å². The molecule has 0 radical (unpaired) electrons. The summed E-state index contributed by atoms with van der Waals surface area (Å²) in [7, 11) is 0. The smallest absolute Gasteiger partial charge is 0.174 e. The van der Waals surface area contributed by atoms with Crippen LogP contribution in [0.4, 0.5) is 0 Å². The highest BCUT2D eigenvalue weighted by Gasteiger charge is 2.16. The Balaban J connectivity index is 1.73. The van der Waals surface area contributed by atoms with Gasteiger partial charge in [0.15, 0.2) is 5.84 Å². The van der Waals surface area contributed by atoms with Crippen molar-refractivity contribution in [1.29, 1.82) is 0 Å². The minimum Gasteiger partial charge on any atom is -0.360 e. The zero-order valence-corrected chi connectivity index (χ0v) is 15.0. The number of hydrogen-bond donors (Lipinski definition) is 1. The number of hydrogen-bond acceptors (Lipinski definition) is 1. The molecule has 2 aliphatic rings. The average Bonchev–Trinajstić information content (AvgIpc) is 2.63. The van der Waals surface area contributed by atoms with Gasteiger partial charge in [-0.15, -0.1) is 0 Å². The Labute approximate surface area is 147 Å². The van der Waals surface area contributed by atoms with Gasteiger partial charge < -0.3 is 5.32 Å². The summed E-state index contributed by atoms with van der Waals surface area (Å²) in [5, 5.41) is 3.66. The van der Waals surface area contributed by atoms with E-state index < -0.39 is 0 Å². The van der Waals surface area contributed by atoms with Crippen LogP contribution in [0.3, 0.4) is 0 Å².